The van der Waals surface area contributed by atoms with Gasteiger partial charge in [0.25, 0.3) is 0 Å². The van der Waals surface area contributed by atoms with Crippen LogP contribution in [-0.4, -0.2) is 17.2 Å². The van der Waals surface area contributed by atoms with Crippen molar-refractivity contribution in [2.24, 2.45) is 0 Å². The Labute approximate surface area is 107 Å². The first kappa shape index (κ1) is 12.6. The number of ether oxygens (including phenoxy) is 1. The summed E-state index contributed by atoms with van der Waals surface area (Å²) in [7, 11) is 1.62. The Morgan fingerprint density at radius 1 is 1.33 bits per heavy atom. The van der Waals surface area contributed by atoms with Crippen LogP contribution in [0.2, 0.25) is 0 Å². The van der Waals surface area contributed by atoms with Gasteiger partial charge in [0.2, 0.25) is 0 Å². The molecule has 0 saturated carbocycles. The highest BCUT2D eigenvalue weighted by molar-refractivity contribution is 5.39. The van der Waals surface area contributed by atoms with Gasteiger partial charge in [0.05, 0.1) is 13.2 Å². The second kappa shape index (κ2) is 5.65. The zero-order valence-electron chi connectivity index (χ0n) is 10.6. The minimum absolute atomic E-state index is 0.535. The zero-order chi connectivity index (χ0) is 13.0. The summed E-state index contributed by atoms with van der Waals surface area (Å²) in [6, 6.07) is 9.65. The molecule has 3 heteroatoms. The van der Waals surface area contributed by atoms with Gasteiger partial charge in [-0.25, -0.2) is 0 Å². The van der Waals surface area contributed by atoms with E-state index in [9.17, 15) is 5.11 Å². The maximum absolute atomic E-state index is 10.3. The highest BCUT2D eigenvalue weighted by Crippen LogP contribution is 2.28. The SMILES string of the molecule is COc1cc(C)ccc1C(O)Cc1cccnc1. The molecule has 18 heavy (non-hydrogen) atoms. The largest absolute Gasteiger partial charge is 0.496 e. The van der Waals surface area contributed by atoms with Crippen molar-refractivity contribution in [1.29, 1.82) is 0 Å². The predicted molar refractivity (Wildman–Crippen MR) is 70.6 cm³/mol. The van der Waals surface area contributed by atoms with Crippen molar-refractivity contribution in [2.75, 3.05) is 7.11 Å². The molecule has 94 valence electrons. The van der Waals surface area contributed by atoms with E-state index < -0.39 is 6.10 Å². The maximum atomic E-state index is 10.3. The Hall–Kier alpha value is -1.87. The van der Waals surface area contributed by atoms with Crippen molar-refractivity contribution < 1.29 is 9.84 Å². The summed E-state index contributed by atoms with van der Waals surface area (Å²) in [6.45, 7) is 2.00. The average Bonchev–Trinajstić information content (AvgIpc) is 2.39. The van der Waals surface area contributed by atoms with Crippen LogP contribution in [0.1, 0.15) is 22.8 Å². The second-order valence-corrected chi connectivity index (χ2v) is 4.33. The van der Waals surface area contributed by atoms with Crippen molar-refractivity contribution in [2.45, 2.75) is 19.4 Å². The van der Waals surface area contributed by atoms with Crippen LogP contribution in [0.4, 0.5) is 0 Å². The molecule has 1 aromatic heterocycles. The molecule has 1 heterocycles. The summed E-state index contributed by atoms with van der Waals surface area (Å²) >= 11 is 0. The van der Waals surface area contributed by atoms with Crippen molar-refractivity contribution in [3.63, 3.8) is 0 Å². The first-order valence-electron chi connectivity index (χ1n) is 5.92. The van der Waals surface area contributed by atoms with E-state index in [-0.39, 0.29) is 0 Å². The lowest BCUT2D eigenvalue weighted by atomic mass is 10.0. The van der Waals surface area contributed by atoms with Gasteiger partial charge in [-0.2, -0.15) is 0 Å². The molecule has 1 atom stereocenters. The average molecular weight is 243 g/mol. The number of methoxy groups -OCH3 is 1. The maximum Gasteiger partial charge on any atom is 0.124 e. The van der Waals surface area contributed by atoms with Gasteiger partial charge in [-0.05, 0) is 30.2 Å². The number of benzene rings is 1. The molecule has 0 bridgehead atoms. The van der Waals surface area contributed by atoms with E-state index >= 15 is 0 Å². The van der Waals surface area contributed by atoms with Crippen LogP contribution < -0.4 is 4.74 Å². The van der Waals surface area contributed by atoms with Gasteiger partial charge in [-0.3, -0.25) is 4.98 Å². The first-order valence-corrected chi connectivity index (χ1v) is 5.92. The van der Waals surface area contributed by atoms with Gasteiger partial charge >= 0.3 is 0 Å². The molecule has 1 aromatic carbocycles. The fourth-order valence-electron chi connectivity index (χ4n) is 1.95. The Kier molecular flexibility index (Phi) is 3.95. The number of aliphatic hydroxyl groups excluding tert-OH is 1. The fraction of sp³-hybridized carbons (Fsp3) is 0.267. The molecular weight excluding hydrogens is 226 g/mol. The van der Waals surface area contributed by atoms with E-state index in [1.807, 2.05) is 37.3 Å². The van der Waals surface area contributed by atoms with Crippen LogP contribution in [-0.2, 0) is 6.42 Å². The summed E-state index contributed by atoms with van der Waals surface area (Å²) in [5.41, 5.74) is 2.93. The Balaban J connectivity index is 2.21. The van der Waals surface area contributed by atoms with Crippen molar-refractivity contribution in [1.82, 2.24) is 4.98 Å². The standard InChI is InChI=1S/C15H17NO2/c1-11-5-6-13(15(8-11)18-2)14(17)9-12-4-3-7-16-10-12/h3-8,10,14,17H,9H2,1-2H3. The molecular formula is C15H17NO2. The van der Waals surface area contributed by atoms with E-state index in [2.05, 4.69) is 4.98 Å². The summed E-state index contributed by atoms with van der Waals surface area (Å²) in [4.78, 5) is 4.05. The smallest absolute Gasteiger partial charge is 0.124 e. The van der Waals surface area contributed by atoms with Gasteiger partial charge in [-0.1, -0.05) is 18.2 Å². The molecule has 0 aliphatic carbocycles. The molecule has 1 unspecified atom stereocenters. The summed E-state index contributed by atoms with van der Waals surface area (Å²) in [5, 5.41) is 10.3. The molecule has 3 nitrogen and oxygen atoms in total. The number of hydrogen-bond donors (Lipinski definition) is 1. The van der Waals surface area contributed by atoms with E-state index in [4.69, 9.17) is 4.74 Å². The predicted octanol–water partition coefficient (Wildman–Crippen LogP) is 2.67. The minimum atomic E-state index is -0.579. The molecule has 0 aliphatic rings. The third-order valence-electron chi connectivity index (χ3n) is 2.90. The van der Waals surface area contributed by atoms with Crippen molar-refractivity contribution in [3.8, 4) is 5.75 Å². The number of pyridine rings is 1. The minimum Gasteiger partial charge on any atom is -0.496 e. The number of rotatable bonds is 4. The molecule has 2 rings (SSSR count). The molecule has 0 amide bonds. The molecule has 0 spiro atoms. The topological polar surface area (TPSA) is 42.4 Å². The van der Waals surface area contributed by atoms with Crippen LogP contribution >= 0.6 is 0 Å². The molecule has 0 aliphatic heterocycles. The molecule has 0 radical (unpaired) electrons. The van der Waals surface area contributed by atoms with Gasteiger partial charge in [0.15, 0.2) is 0 Å². The Morgan fingerprint density at radius 3 is 2.83 bits per heavy atom. The van der Waals surface area contributed by atoms with Crippen LogP contribution in [0.25, 0.3) is 0 Å². The number of nitrogens with zero attached hydrogens (tertiary/aromatic N) is 1. The van der Waals surface area contributed by atoms with E-state index in [0.717, 1.165) is 22.4 Å². The monoisotopic (exact) mass is 243 g/mol. The lowest BCUT2D eigenvalue weighted by molar-refractivity contribution is 0.174. The first-order chi connectivity index (χ1) is 8.70. The number of aliphatic hydroxyl groups is 1. The summed E-state index contributed by atoms with van der Waals surface area (Å²) in [5.74, 6) is 0.728. The lowest BCUT2D eigenvalue weighted by Crippen LogP contribution is -2.04. The van der Waals surface area contributed by atoms with E-state index in [1.54, 1.807) is 19.5 Å². The number of aromatic nitrogens is 1. The van der Waals surface area contributed by atoms with Crippen LogP contribution in [0.3, 0.4) is 0 Å². The lowest BCUT2D eigenvalue weighted by Gasteiger charge is -2.15. The fourth-order valence-corrected chi connectivity index (χ4v) is 1.95. The zero-order valence-corrected chi connectivity index (χ0v) is 10.6. The van der Waals surface area contributed by atoms with Gasteiger partial charge in [0.1, 0.15) is 5.75 Å². The van der Waals surface area contributed by atoms with Gasteiger partial charge in [0, 0.05) is 24.4 Å². The van der Waals surface area contributed by atoms with E-state index in [1.165, 1.54) is 0 Å². The Morgan fingerprint density at radius 2 is 2.17 bits per heavy atom. The van der Waals surface area contributed by atoms with Gasteiger partial charge < -0.3 is 9.84 Å². The third-order valence-corrected chi connectivity index (χ3v) is 2.90. The number of aryl methyl sites for hydroxylation is 1. The Bertz CT molecular complexity index is 511. The quantitative estimate of drug-likeness (QED) is 0.897. The van der Waals surface area contributed by atoms with Gasteiger partial charge in [-0.15, -0.1) is 0 Å². The van der Waals surface area contributed by atoms with E-state index in [0.29, 0.717) is 6.42 Å². The number of hydrogen-bond acceptors (Lipinski definition) is 3. The van der Waals surface area contributed by atoms with Crippen LogP contribution in [0.5, 0.6) is 5.75 Å². The molecule has 2 aromatic rings. The van der Waals surface area contributed by atoms with Crippen LogP contribution in [0.15, 0.2) is 42.7 Å². The third kappa shape index (κ3) is 2.87. The highest BCUT2D eigenvalue weighted by Gasteiger charge is 2.13. The molecule has 0 saturated heterocycles. The molecule has 1 N–H and O–H groups in total. The second-order valence-electron chi connectivity index (χ2n) is 4.33. The van der Waals surface area contributed by atoms with Crippen molar-refractivity contribution in [3.05, 3.63) is 59.4 Å². The highest BCUT2D eigenvalue weighted by atomic mass is 16.5. The molecule has 0 fully saturated rings. The summed E-state index contributed by atoms with van der Waals surface area (Å²) < 4.78 is 5.31. The normalized spacial score (nSPS) is 12.2. The summed E-state index contributed by atoms with van der Waals surface area (Å²) in [6.07, 6.45) is 3.45. The van der Waals surface area contributed by atoms with Crippen LogP contribution in [0, 0.1) is 6.92 Å². The van der Waals surface area contributed by atoms with Crippen molar-refractivity contribution >= 4 is 0 Å².